The lowest BCUT2D eigenvalue weighted by molar-refractivity contribution is -0.199. The third-order valence-corrected chi connectivity index (χ3v) is 7.08. The van der Waals surface area contributed by atoms with Crippen LogP contribution in [0.2, 0.25) is 0 Å². The Kier molecular flexibility index (Phi) is 3.21. The maximum absolute atomic E-state index is 12.0. The molecule has 2 saturated heterocycles. The van der Waals surface area contributed by atoms with Crippen molar-refractivity contribution in [3.63, 3.8) is 0 Å². The number of rotatable bonds is 2. The van der Waals surface area contributed by atoms with E-state index in [0.717, 1.165) is 31.7 Å². The van der Waals surface area contributed by atoms with Crippen molar-refractivity contribution < 1.29 is 14.1 Å². The number of hydrogen-bond acceptors (Lipinski definition) is 4. The molecule has 3 saturated carbocycles. The molecule has 3 aliphatic carbocycles. The largest absolute Gasteiger partial charge is 0.481 e. The fraction of sp³-hybridized carbons (Fsp3) is 0.938. The van der Waals surface area contributed by atoms with E-state index in [1.54, 1.807) is 0 Å². The first-order valence-electron chi connectivity index (χ1n) is 8.70. The van der Waals surface area contributed by atoms with E-state index >= 15 is 0 Å². The average molecular weight is 306 g/mol. The van der Waals surface area contributed by atoms with Crippen LogP contribution in [0, 0.1) is 17.3 Å². The third-order valence-electron chi connectivity index (χ3n) is 7.08. The maximum atomic E-state index is 12.0. The Morgan fingerprint density at radius 3 is 2.82 bits per heavy atom. The molecule has 0 aromatic carbocycles. The Balaban J connectivity index is 1.54. The minimum Gasteiger partial charge on any atom is -0.404 e. The summed E-state index contributed by atoms with van der Waals surface area (Å²) in [6, 6.07) is 0. The van der Waals surface area contributed by atoms with Crippen LogP contribution in [0.3, 0.4) is 0 Å². The second-order valence-corrected chi connectivity index (χ2v) is 8.34. The number of nitrogens with zero attached hydrogens (tertiary/aromatic N) is 1. The van der Waals surface area contributed by atoms with E-state index in [1.165, 1.54) is 6.42 Å². The van der Waals surface area contributed by atoms with Crippen molar-refractivity contribution in [3.05, 3.63) is 0 Å². The zero-order chi connectivity index (χ0) is 15.7. The van der Waals surface area contributed by atoms with E-state index in [0.29, 0.717) is 11.3 Å². The predicted octanol–water partition coefficient (Wildman–Crippen LogP) is 1.20. The van der Waals surface area contributed by atoms with Gasteiger partial charge in [0.15, 0.2) is 0 Å². The van der Waals surface area contributed by atoms with Gasteiger partial charge >= 0.3 is 7.12 Å². The highest BCUT2D eigenvalue weighted by atomic mass is 16.7. The van der Waals surface area contributed by atoms with Crippen molar-refractivity contribution in [2.75, 3.05) is 13.1 Å². The molecule has 5 rings (SSSR count). The minimum atomic E-state index is -0.275. The third kappa shape index (κ3) is 1.80. The summed E-state index contributed by atoms with van der Waals surface area (Å²) < 4.78 is 12.8. The predicted molar refractivity (Wildman–Crippen MR) is 83.9 cm³/mol. The van der Waals surface area contributed by atoms with Crippen LogP contribution in [0.15, 0.2) is 0 Å². The highest BCUT2D eigenvalue weighted by molar-refractivity contribution is 6.48. The molecule has 5 nitrogen and oxygen atoms in total. The van der Waals surface area contributed by atoms with E-state index in [2.05, 4.69) is 20.8 Å². The number of carbonyl (C=O) groups is 1. The molecule has 5 atom stereocenters. The first-order valence-corrected chi connectivity index (χ1v) is 8.70. The molecule has 0 aromatic rings. The van der Waals surface area contributed by atoms with Crippen LogP contribution >= 0.6 is 0 Å². The molecule has 0 radical (unpaired) electrons. The van der Waals surface area contributed by atoms with Crippen molar-refractivity contribution in [2.45, 2.75) is 64.1 Å². The highest BCUT2D eigenvalue weighted by Crippen LogP contribution is 2.65. The number of amides is 1. The van der Waals surface area contributed by atoms with Crippen LogP contribution in [-0.2, 0) is 14.1 Å². The summed E-state index contributed by atoms with van der Waals surface area (Å²) in [5.74, 6) is 1.37. The second kappa shape index (κ2) is 4.71. The summed E-state index contributed by atoms with van der Waals surface area (Å²) in [7, 11) is -0.275. The fourth-order valence-electron chi connectivity index (χ4n) is 5.57. The lowest BCUT2D eigenvalue weighted by atomic mass is 9.43. The molecule has 5 aliphatic rings. The Bertz CT molecular complexity index is 500. The van der Waals surface area contributed by atoms with Crippen molar-refractivity contribution in [2.24, 2.45) is 23.0 Å². The van der Waals surface area contributed by atoms with Crippen LogP contribution in [-0.4, -0.2) is 48.7 Å². The molecule has 3 unspecified atom stereocenters. The number of hydrogen-bond donors (Lipinski definition) is 1. The Labute approximate surface area is 133 Å². The van der Waals surface area contributed by atoms with Crippen molar-refractivity contribution >= 4 is 13.0 Å². The Morgan fingerprint density at radius 1 is 1.36 bits per heavy atom. The minimum absolute atomic E-state index is 0.0133. The van der Waals surface area contributed by atoms with Crippen molar-refractivity contribution in [3.8, 4) is 0 Å². The van der Waals surface area contributed by atoms with Crippen LogP contribution in [0.25, 0.3) is 0 Å². The van der Waals surface area contributed by atoms with Crippen molar-refractivity contribution in [1.29, 1.82) is 0 Å². The van der Waals surface area contributed by atoms with Gasteiger partial charge in [-0.25, -0.2) is 0 Å². The van der Waals surface area contributed by atoms with Gasteiger partial charge in [-0.05, 0) is 49.9 Å². The number of nitrogens with two attached hydrogens (primary N) is 1. The molecule has 0 aromatic heterocycles. The molecule has 122 valence electrons. The van der Waals surface area contributed by atoms with Gasteiger partial charge in [0.2, 0.25) is 5.91 Å². The second-order valence-electron chi connectivity index (χ2n) is 8.34. The molecule has 2 bridgehead atoms. The zero-order valence-corrected chi connectivity index (χ0v) is 13.9. The molecular formula is C16H27BN2O3. The van der Waals surface area contributed by atoms with Crippen LogP contribution in [0.5, 0.6) is 0 Å². The average Bonchev–Trinajstić information content (AvgIpc) is 3.08. The first kappa shape index (κ1) is 15.0. The molecule has 22 heavy (non-hydrogen) atoms. The van der Waals surface area contributed by atoms with Gasteiger partial charge in [0, 0.05) is 6.54 Å². The van der Waals surface area contributed by atoms with Gasteiger partial charge in [-0.1, -0.05) is 13.8 Å². The van der Waals surface area contributed by atoms with Gasteiger partial charge in [-0.2, -0.15) is 0 Å². The zero-order valence-electron chi connectivity index (χ0n) is 13.9. The summed E-state index contributed by atoms with van der Waals surface area (Å²) in [6.07, 6.45) is 4.50. The molecule has 2 N–H and O–H groups in total. The SMILES string of the molecule is CC1(C)C2CC1[C@]1(C)OB(C3CCCN3C(=O)CN)O[C@@H]1C2. The topological polar surface area (TPSA) is 64.8 Å². The summed E-state index contributed by atoms with van der Waals surface area (Å²) in [4.78, 5) is 13.9. The van der Waals surface area contributed by atoms with Gasteiger partial charge in [0.1, 0.15) is 0 Å². The first-order chi connectivity index (χ1) is 10.4. The molecule has 5 fully saturated rings. The Morgan fingerprint density at radius 2 is 2.14 bits per heavy atom. The summed E-state index contributed by atoms with van der Waals surface area (Å²) in [6.45, 7) is 7.81. The molecule has 6 heteroatoms. The van der Waals surface area contributed by atoms with E-state index in [-0.39, 0.29) is 37.2 Å². The summed E-state index contributed by atoms with van der Waals surface area (Å²) >= 11 is 0. The smallest absolute Gasteiger partial charge is 0.404 e. The number of carbonyl (C=O) groups excluding carboxylic acids is 1. The van der Waals surface area contributed by atoms with Gasteiger partial charge in [-0.3, -0.25) is 4.79 Å². The molecular weight excluding hydrogens is 279 g/mol. The molecule has 2 aliphatic heterocycles. The van der Waals surface area contributed by atoms with Gasteiger partial charge < -0.3 is 19.9 Å². The van der Waals surface area contributed by atoms with Crippen molar-refractivity contribution in [1.82, 2.24) is 4.90 Å². The van der Waals surface area contributed by atoms with Crippen LogP contribution < -0.4 is 5.73 Å². The van der Waals surface area contributed by atoms with E-state index in [4.69, 9.17) is 15.0 Å². The number of likely N-dealkylation sites (tertiary alicyclic amines) is 1. The van der Waals surface area contributed by atoms with Gasteiger partial charge in [-0.15, -0.1) is 0 Å². The Hall–Kier alpha value is -0.585. The van der Waals surface area contributed by atoms with Gasteiger partial charge in [0.25, 0.3) is 0 Å². The monoisotopic (exact) mass is 306 g/mol. The van der Waals surface area contributed by atoms with Gasteiger partial charge in [0.05, 0.1) is 24.2 Å². The lowest BCUT2D eigenvalue weighted by Gasteiger charge is -2.64. The highest BCUT2D eigenvalue weighted by Gasteiger charge is 2.68. The lowest BCUT2D eigenvalue weighted by Crippen LogP contribution is -2.65. The summed E-state index contributed by atoms with van der Waals surface area (Å²) in [5, 5.41) is 0. The summed E-state index contributed by atoms with van der Waals surface area (Å²) in [5.41, 5.74) is 5.71. The molecule has 1 amide bonds. The van der Waals surface area contributed by atoms with E-state index in [9.17, 15) is 4.79 Å². The molecule has 2 heterocycles. The quantitative estimate of drug-likeness (QED) is 0.779. The fourth-order valence-corrected chi connectivity index (χ4v) is 5.57. The van der Waals surface area contributed by atoms with Crippen LogP contribution in [0.1, 0.15) is 46.5 Å². The van der Waals surface area contributed by atoms with E-state index in [1.807, 2.05) is 4.90 Å². The van der Waals surface area contributed by atoms with Crippen LogP contribution in [0.4, 0.5) is 0 Å². The maximum Gasteiger partial charge on any atom is 0.481 e. The van der Waals surface area contributed by atoms with E-state index < -0.39 is 0 Å². The standard InChI is InChI=1S/C16H27BN2O3/c1-15(2)10-7-11(15)16(3)12(8-10)21-17(22-16)13-5-4-6-19(13)14(20)9-18/h10-13H,4-9,18H2,1-3H3/t10?,11?,12-,13?,16+/m1/s1. The molecule has 0 spiro atoms. The normalized spacial score (nSPS) is 45.6.